The summed E-state index contributed by atoms with van der Waals surface area (Å²) in [5.74, 6) is 0.104. The SMILES string of the molecule is CCC(=O)Nc1nc2ccc(CC(=O)N3CCN(c4cccc(C)c4)C(C)C3)cc2s1. The quantitative estimate of drug-likeness (QED) is 0.650. The van der Waals surface area contributed by atoms with Crippen molar-refractivity contribution in [3.05, 3.63) is 53.6 Å². The Kier molecular flexibility index (Phi) is 6.23. The molecule has 2 amide bonds. The standard InChI is InChI=1S/C24H28N4O2S/c1-4-22(29)26-24-25-20-9-8-18(13-21(20)31-24)14-23(30)27-10-11-28(17(3)15-27)19-7-5-6-16(2)12-19/h5-9,12-13,17H,4,10-11,14-15H2,1-3H3,(H,25,26,29). The van der Waals surface area contributed by atoms with E-state index in [-0.39, 0.29) is 17.9 Å². The number of piperazine rings is 1. The molecular formula is C24H28N4O2S. The number of amides is 2. The second kappa shape index (κ2) is 9.06. The zero-order chi connectivity index (χ0) is 22.0. The van der Waals surface area contributed by atoms with Crippen LogP contribution in [0, 0.1) is 6.92 Å². The Morgan fingerprint density at radius 2 is 2.03 bits per heavy atom. The molecule has 1 fully saturated rings. The third kappa shape index (κ3) is 4.88. The van der Waals surface area contributed by atoms with E-state index < -0.39 is 0 Å². The molecule has 2 aromatic carbocycles. The van der Waals surface area contributed by atoms with Gasteiger partial charge in [0.15, 0.2) is 5.13 Å². The van der Waals surface area contributed by atoms with Crippen LogP contribution in [0.25, 0.3) is 10.2 Å². The van der Waals surface area contributed by atoms with Crippen molar-refractivity contribution in [2.75, 3.05) is 29.9 Å². The van der Waals surface area contributed by atoms with Crippen LogP contribution in [-0.4, -0.2) is 47.4 Å². The Hall–Kier alpha value is -2.93. The summed E-state index contributed by atoms with van der Waals surface area (Å²) in [6.07, 6.45) is 0.799. The van der Waals surface area contributed by atoms with Crippen LogP contribution in [0.5, 0.6) is 0 Å². The molecule has 0 spiro atoms. The number of carbonyl (C=O) groups is 2. The number of aryl methyl sites for hydroxylation is 1. The molecule has 0 radical (unpaired) electrons. The first-order valence-electron chi connectivity index (χ1n) is 10.7. The molecule has 1 unspecified atom stereocenters. The second-order valence-corrected chi connectivity index (χ2v) is 9.15. The van der Waals surface area contributed by atoms with Gasteiger partial charge in [-0.25, -0.2) is 4.98 Å². The number of carbonyl (C=O) groups excluding carboxylic acids is 2. The van der Waals surface area contributed by atoms with Crippen LogP contribution < -0.4 is 10.2 Å². The van der Waals surface area contributed by atoms with Crippen molar-refractivity contribution in [2.45, 2.75) is 39.7 Å². The Bertz CT molecular complexity index is 1110. The number of hydrogen-bond donors (Lipinski definition) is 1. The van der Waals surface area contributed by atoms with Crippen LogP contribution in [0.2, 0.25) is 0 Å². The van der Waals surface area contributed by atoms with Gasteiger partial charge < -0.3 is 15.1 Å². The largest absolute Gasteiger partial charge is 0.365 e. The highest BCUT2D eigenvalue weighted by Crippen LogP contribution is 2.27. The van der Waals surface area contributed by atoms with Crippen molar-refractivity contribution in [2.24, 2.45) is 0 Å². The Labute approximate surface area is 186 Å². The van der Waals surface area contributed by atoms with E-state index in [1.165, 1.54) is 22.6 Å². The average Bonchev–Trinajstić information content (AvgIpc) is 3.14. The summed E-state index contributed by atoms with van der Waals surface area (Å²) in [7, 11) is 0. The minimum atomic E-state index is -0.0478. The van der Waals surface area contributed by atoms with Crippen molar-refractivity contribution < 1.29 is 9.59 Å². The third-order valence-corrected chi connectivity index (χ3v) is 6.62. The van der Waals surface area contributed by atoms with Gasteiger partial charge in [-0.05, 0) is 49.2 Å². The lowest BCUT2D eigenvalue weighted by molar-refractivity contribution is -0.131. The second-order valence-electron chi connectivity index (χ2n) is 8.12. The number of rotatable bonds is 5. The van der Waals surface area contributed by atoms with E-state index in [9.17, 15) is 9.59 Å². The highest BCUT2D eigenvalue weighted by Gasteiger charge is 2.27. The number of nitrogens with zero attached hydrogens (tertiary/aromatic N) is 3. The highest BCUT2D eigenvalue weighted by atomic mass is 32.1. The lowest BCUT2D eigenvalue weighted by Crippen LogP contribution is -2.54. The van der Waals surface area contributed by atoms with Crippen LogP contribution in [0.1, 0.15) is 31.4 Å². The van der Waals surface area contributed by atoms with E-state index in [4.69, 9.17) is 0 Å². The first-order valence-corrected chi connectivity index (χ1v) is 11.5. The van der Waals surface area contributed by atoms with Gasteiger partial charge in [-0.2, -0.15) is 0 Å². The number of anilines is 2. The fourth-order valence-corrected chi connectivity index (χ4v) is 4.95. The van der Waals surface area contributed by atoms with Crippen LogP contribution in [0.3, 0.4) is 0 Å². The van der Waals surface area contributed by atoms with Crippen molar-refractivity contribution in [3.8, 4) is 0 Å². The zero-order valence-electron chi connectivity index (χ0n) is 18.2. The zero-order valence-corrected chi connectivity index (χ0v) is 19.0. The molecule has 6 nitrogen and oxygen atoms in total. The van der Waals surface area contributed by atoms with E-state index in [1.807, 2.05) is 30.0 Å². The maximum absolute atomic E-state index is 13.0. The molecule has 0 saturated carbocycles. The summed E-state index contributed by atoms with van der Waals surface area (Å²) in [4.78, 5) is 33.4. The third-order valence-electron chi connectivity index (χ3n) is 5.69. The molecule has 0 bridgehead atoms. The Morgan fingerprint density at radius 1 is 1.19 bits per heavy atom. The maximum Gasteiger partial charge on any atom is 0.227 e. The van der Waals surface area contributed by atoms with E-state index in [0.29, 0.717) is 18.0 Å². The lowest BCUT2D eigenvalue weighted by atomic mass is 10.1. The van der Waals surface area contributed by atoms with Gasteiger partial charge in [0.1, 0.15) is 0 Å². The summed E-state index contributed by atoms with van der Waals surface area (Å²) in [6, 6.07) is 14.7. The maximum atomic E-state index is 13.0. The van der Waals surface area contributed by atoms with E-state index in [1.54, 1.807) is 0 Å². The van der Waals surface area contributed by atoms with Gasteiger partial charge in [-0.3, -0.25) is 9.59 Å². The van der Waals surface area contributed by atoms with Gasteiger partial charge in [0.25, 0.3) is 0 Å². The summed E-state index contributed by atoms with van der Waals surface area (Å²) in [6.45, 7) is 8.39. The molecule has 1 aliphatic rings. The van der Waals surface area contributed by atoms with Crippen LogP contribution in [0.4, 0.5) is 10.8 Å². The first-order chi connectivity index (χ1) is 14.9. The molecule has 31 heavy (non-hydrogen) atoms. The van der Waals surface area contributed by atoms with Crippen LogP contribution in [0.15, 0.2) is 42.5 Å². The van der Waals surface area contributed by atoms with Gasteiger partial charge in [0.05, 0.1) is 16.6 Å². The van der Waals surface area contributed by atoms with Crippen LogP contribution >= 0.6 is 11.3 Å². The van der Waals surface area contributed by atoms with Gasteiger partial charge >= 0.3 is 0 Å². The number of benzene rings is 2. The van der Waals surface area contributed by atoms with Gasteiger partial charge in [-0.1, -0.05) is 36.5 Å². The molecule has 1 atom stereocenters. The fourth-order valence-electron chi connectivity index (χ4n) is 4.00. The van der Waals surface area contributed by atoms with Gasteiger partial charge in [-0.15, -0.1) is 0 Å². The number of thiazole rings is 1. The number of nitrogens with one attached hydrogen (secondary N) is 1. The number of aromatic nitrogens is 1. The van der Waals surface area contributed by atoms with E-state index >= 15 is 0 Å². The number of fused-ring (bicyclic) bond motifs is 1. The topological polar surface area (TPSA) is 65.5 Å². The summed E-state index contributed by atoms with van der Waals surface area (Å²) >= 11 is 1.44. The predicted molar refractivity (Wildman–Crippen MR) is 127 cm³/mol. The predicted octanol–water partition coefficient (Wildman–Crippen LogP) is 4.23. The first kappa shape index (κ1) is 21.3. The molecule has 0 aliphatic carbocycles. The molecule has 1 saturated heterocycles. The molecule has 1 aliphatic heterocycles. The van der Waals surface area contributed by atoms with Crippen LogP contribution in [-0.2, 0) is 16.0 Å². The summed E-state index contributed by atoms with van der Waals surface area (Å²) in [5.41, 5.74) is 4.29. The molecule has 7 heteroatoms. The van der Waals surface area contributed by atoms with Crippen molar-refractivity contribution in [3.63, 3.8) is 0 Å². The summed E-state index contributed by atoms with van der Waals surface area (Å²) in [5, 5.41) is 3.41. The fraction of sp³-hybridized carbons (Fsp3) is 0.375. The molecule has 162 valence electrons. The number of hydrogen-bond acceptors (Lipinski definition) is 5. The lowest BCUT2D eigenvalue weighted by Gasteiger charge is -2.41. The van der Waals surface area contributed by atoms with E-state index in [2.05, 4.69) is 53.3 Å². The molecule has 1 N–H and O–H groups in total. The normalized spacial score (nSPS) is 16.5. The molecule has 4 rings (SSSR count). The van der Waals surface area contributed by atoms with Gasteiger partial charge in [0.2, 0.25) is 11.8 Å². The average molecular weight is 437 g/mol. The van der Waals surface area contributed by atoms with Crippen molar-refractivity contribution >= 4 is 44.2 Å². The minimum absolute atomic E-state index is 0.0478. The smallest absolute Gasteiger partial charge is 0.227 e. The van der Waals surface area contributed by atoms with Crippen molar-refractivity contribution in [1.82, 2.24) is 9.88 Å². The molecule has 3 aromatic rings. The highest BCUT2D eigenvalue weighted by molar-refractivity contribution is 7.22. The van der Waals surface area contributed by atoms with Gasteiger partial charge in [0, 0.05) is 37.8 Å². The monoisotopic (exact) mass is 436 g/mol. The Morgan fingerprint density at radius 3 is 2.77 bits per heavy atom. The Balaban J connectivity index is 1.40. The van der Waals surface area contributed by atoms with E-state index in [0.717, 1.165) is 35.4 Å². The molecule has 2 heterocycles. The van der Waals surface area contributed by atoms with Crippen molar-refractivity contribution in [1.29, 1.82) is 0 Å². The molecule has 1 aromatic heterocycles. The summed E-state index contributed by atoms with van der Waals surface area (Å²) < 4.78 is 0.981. The minimum Gasteiger partial charge on any atom is -0.365 e. The molecular weight excluding hydrogens is 408 g/mol.